The summed E-state index contributed by atoms with van der Waals surface area (Å²) in [5.74, 6) is 0.357. The third kappa shape index (κ3) is 1.25. The zero-order chi connectivity index (χ0) is 7.56. The van der Waals surface area contributed by atoms with Crippen LogP contribution in [-0.4, -0.2) is 5.78 Å². The predicted octanol–water partition coefficient (Wildman–Crippen LogP) is 0.669. The molecule has 0 aliphatic carbocycles. The van der Waals surface area contributed by atoms with E-state index < -0.39 is 6.04 Å². The van der Waals surface area contributed by atoms with Gasteiger partial charge in [0.25, 0.3) is 0 Å². The van der Waals surface area contributed by atoms with Crippen molar-refractivity contribution in [3.63, 3.8) is 0 Å². The van der Waals surface area contributed by atoms with Gasteiger partial charge in [0.2, 0.25) is 0 Å². The van der Waals surface area contributed by atoms with Gasteiger partial charge < -0.3 is 10.2 Å². The SMILES string of the molecule is CC(=O)C(N)c1cc[c]o1. The lowest BCUT2D eigenvalue weighted by atomic mass is 10.2. The molecule has 0 saturated carbocycles. The highest BCUT2D eigenvalue weighted by Gasteiger charge is 2.12. The number of Topliss-reactive ketones (excluding diaryl/α,β-unsaturated/α-hetero) is 1. The van der Waals surface area contributed by atoms with E-state index >= 15 is 0 Å². The zero-order valence-corrected chi connectivity index (χ0v) is 5.63. The van der Waals surface area contributed by atoms with Crippen molar-refractivity contribution in [2.75, 3.05) is 0 Å². The Hall–Kier alpha value is -1.09. The van der Waals surface area contributed by atoms with Crippen LogP contribution in [0.5, 0.6) is 0 Å². The van der Waals surface area contributed by atoms with Crippen LogP contribution in [0.1, 0.15) is 18.7 Å². The van der Waals surface area contributed by atoms with Crippen LogP contribution in [0.3, 0.4) is 0 Å². The molecule has 0 spiro atoms. The largest absolute Gasteiger partial charge is 0.456 e. The van der Waals surface area contributed by atoms with Crippen LogP contribution in [0.4, 0.5) is 0 Å². The van der Waals surface area contributed by atoms with Gasteiger partial charge in [0.15, 0.2) is 12.0 Å². The number of carbonyl (C=O) groups excluding carboxylic acids is 1. The lowest BCUT2D eigenvalue weighted by Crippen LogP contribution is -2.17. The van der Waals surface area contributed by atoms with Crippen LogP contribution >= 0.6 is 0 Å². The second kappa shape index (κ2) is 2.66. The van der Waals surface area contributed by atoms with Crippen molar-refractivity contribution in [2.45, 2.75) is 13.0 Å². The molecule has 10 heavy (non-hydrogen) atoms. The summed E-state index contributed by atoms with van der Waals surface area (Å²) in [6.45, 7) is 1.42. The molecule has 1 rings (SSSR count). The molecule has 0 fully saturated rings. The summed E-state index contributed by atoms with van der Waals surface area (Å²) >= 11 is 0. The average molecular weight is 138 g/mol. The molecule has 3 heteroatoms. The molecule has 1 radical (unpaired) electrons. The number of furan rings is 1. The molecule has 53 valence electrons. The van der Waals surface area contributed by atoms with Gasteiger partial charge in [-0.25, -0.2) is 0 Å². The van der Waals surface area contributed by atoms with Gasteiger partial charge in [-0.1, -0.05) is 0 Å². The van der Waals surface area contributed by atoms with E-state index in [0.717, 1.165) is 0 Å². The quantitative estimate of drug-likeness (QED) is 0.653. The van der Waals surface area contributed by atoms with E-state index in [9.17, 15) is 4.79 Å². The molecule has 3 nitrogen and oxygen atoms in total. The maximum absolute atomic E-state index is 10.6. The molecule has 1 aromatic rings. The fraction of sp³-hybridized carbons (Fsp3) is 0.286. The number of nitrogens with two attached hydrogens (primary N) is 1. The van der Waals surface area contributed by atoms with Crippen LogP contribution in [0.2, 0.25) is 0 Å². The van der Waals surface area contributed by atoms with E-state index in [0.29, 0.717) is 5.76 Å². The summed E-state index contributed by atoms with van der Waals surface area (Å²) in [4.78, 5) is 10.6. The van der Waals surface area contributed by atoms with Crippen molar-refractivity contribution in [1.29, 1.82) is 0 Å². The second-order valence-corrected chi connectivity index (χ2v) is 2.04. The maximum atomic E-state index is 10.6. The van der Waals surface area contributed by atoms with Gasteiger partial charge >= 0.3 is 0 Å². The maximum Gasteiger partial charge on any atom is 0.169 e. The van der Waals surface area contributed by atoms with Gasteiger partial charge in [-0.15, -0.1) is 0 Å². The summed E-state index contributed by atoms with van der Waals surface area (Å²) in [7, 11) is 0. The summed E-state index contributed by atoms with van der Waals surface area (Å²) in [5.41, 5.74) is 5.42. The Morgan fingerprint density at radius 1 is 1.90 bits per heavy atom. The third-order valence-corrected chi connectivity index (χ3v) is 1.24. The molecule has 1 unspecified atom stereocenters. The Labute approximate surface area is 58.8 Å². The first-order chi connectivity index (χ1) is 4.72. The highest BCUT2D eigenvalue weighted by molar-refractivity contribution is 5.81. The van der Waals surface area contributed by atoms with Crippen molar-refractivity contribution in [2.24, 2.45) is 5.73 Å². The van der Waals surface area contributed by atoms with E-state index in [-0.39, 0.29) is 5.78 Å². The first-order valence-corrected chi connectivity index (χ1v) is 2.93. The van der Waals surface area contributed by atoms with Crippen molar-refractivity contribution >= 4 is 5.78 Å². The van der Waals surface area contributed by atoms with Crippen molar-refractivity contribution in [3.8, 4) is 0 Å². The molecule has 0 bridgehead atoms. The molecule has 1 aromatic heterocycles. The number of rotatable bonds is 2. The number of carbonyl (C=O) groups is 1. The van der Waals surface area contributed by atoms with Gasteiger partial charge in [-0.2, -0.15) is 0 Å². The van der Waals surface area contributed by atoms with E-state index in [4.69, 9.17) is 10.2 Å². The average Bonchev–Trinajstić information content (AvgIpc) is 2.36. The number of hydrogen-bond acceptors (Lipinski definition) is 3. The Morgan fingerprint density at radius 3 is 3.00 bits per heavy atom. The lowest BCUT2D eigenvalue weighted by molar-refractivity contribution is -0.118. The van der Waals surface area contributed by atoms with E-state index in [1.54, 1.807) is 12.1 Å². The van der Waals surface area contributed by atoms with Crippen LogP contribution in [0, 0.1) is 6.26 Å². The summed E-state index contributed by atoms with van der Waals surface area (Å²) in [5, 5.41) is 0. The topological polar surface area (TPSA) is 56.2 Å². The highest BCUT2D eigenvalue weighted by atomic mass is 16.3. The molecule has 0 saturated heterocycles. The van der Waals surface area contributed by atoms with Crippen molar-refractivity contribution < 1.29 is 9.21 Å². The molecule has 1 heterocycles. The van der Waals surface area contributed by atoms with Crippen LogP contribution < -0.4 is 5.73 Å². The minimum Gasteiger partial charge on any atom is -0.456 e. The Balaban J connectivity index is 2.77. The van der Waals surface area contributed by atoms with Gasteiger partial charge in [-0.05, 0) is 19.1 Å². The zero-order valence-electron chi connectivity index (χ0n) is 5.63. The fourth-order valence-corrected chi connectivity index (χ4v) is 0.620. The monoisotopic (exact) mass is 138 g/mol. The first kappa shape index (κ1) is 7.02. The fourth-order valence-electron chi connectivity index (χ4n) is 0.620. The predicted molar refractivity (Wildman–Crippen MR) is 35.2 cm³/mol. The Morgan fingerprint density at radius 2 is 2.60 bits per heavy atom. The van der Waals surface area contributed by atoms with Gasteiger partial charge in [0, 0.05) is 0 Å². The summed E-state index contributed by atoms with van der Waals surface area (Å²) in [6.07, 6.45) is 2.46. The molecule has 0 aliphatic rings. The smallest absolute Gasteiger partial charge is 0.169 e. The summed E-state index contributed by atoms with van der Waals surface area (Å²) in [6, 6.07) is 2.58. The molecule has 0 aliphatic heterocycles. The Bertz CT molecular complexity index is 216. The van der Waals surface area contributed by atoms with E-state index in [2.05, 4.69) is 6.26 Å². The molecule has 0 aromatic carbocycles. The lowest BCUT2D eigenvalue weighted by Gasteiger charge is -2.00. The summed E-state index contributed by atoms with van der Waals surface area (Å²) < 4.78 is 4.79. The van der Waals surface area contributed by atoms with Crippen molar-refractivity contribution in [3.05, 3.63) is 24.2 Å². The minimum atomic E-state index is -0.633. The minimum absolute atomic E-state index is 0.108. The molecule has 0 amide bonds. The van der Waals surface area contributed by atoms with Crippen LogP contribution in [0.15, 0.2) is 16.5 Å². The number of ketones is 1. The van der Waals surface area contributed by atoms with Crippen LogP contribution in [0.25, 0.3) is 0 Å². The van der Waals surface area contributed by atoms with E-state index in [1.165, 1.54) is 6.92 Å². The standard InChI is InChI=1S/C7H8NO2/c1-5(9)7(8)6-3-2-4-10-6/h2-3,7H,8H2,1H3. The Kier molecular flexibility index (Phi) is 1.87. The third-order valence-electron chi connectivity index (χ3n) is 1.24. The second-order valence-electron chi connectivity index (χ2n) is 2.04. The van der Waals surface area contributed by atoms with Gasteiger partial charge in [0.1, 0.15) is 11.8 Å². The van der Waals surface area contributed by atoms with Crippen molar-refractivity contribution in [1.82, 2.24) is 0 Å². The van der Waals surface area contributed by atoms with Crippen LogP contribution in [-0.2, 0) is 4.79 Å². The molecule has 2 N–H and O–H groups in total. The molecular weight excluding hydrogens is 130 g/mol. The van der Waals surface area contributed by atoms with E-state index in [1.807, 2.05) is 0 Å². The first-order valence-electron chi connectivity index (χ1n) is 2.93. The molecular formula is C7H8NO2. The van der Waals surface area contributed by atoms with Gasteiger partial charge in [-0.3, -0.25) is 4.79 Å². The highest BCUT2D eigenvalue weighted by Crippen LogP contribution is 2.09. The van der Waals surface area contributed by atoms with Gasteiger partial charge in [0.05, 0.1) is 0 Å². The normalized spacial score (nSPS) is 13.0. The molecule has 1 atom stereocenters. The number of hydrogen-bond donors (Lipinski definition) is 1.